The van der Waals surface area contributed by atoms with Gasteiger partial charge >= 0.3 is 0 Å². The Kier molecular flexibility index (Phi) is 3.89. The number of hydrogen-bond acceptors (Lipinski definition) is 3. The Hall–Kier alpha value is -1.09. The molecule has 1 rings (SSSR count). The first-order chi connectivity index (χ1) is 6.63. The third-order valence-corrected chi connectivity index (χ3v) is 1.92. The molecule has 3 nitrogen and oxygen atoms in total. The summed E-state index contributed by atoms with van der Waals surface area (Å²) in [5.74, 6) is 0.891. The summed E-state index contributed by atoms with van der Waals surface area (Å²) >= 11 is 0. The molecular weight excluding hydrogens is 178 g/mol. The molecule has 0 aliphatic carbocycles. The monoisotopic (exact) mass is 195 g/mol. The first-order valence-electron chi connectivity index (χ1n) is 4.72. The fourth-order valence-corrected chi connectivity index (χ4v) is 1.22. The minimum absolute atomic E-state index is 0.0699. The number of ether oxygens (including phenoxy) is 2. The predicted octanol–water partition coefficient (Wildman–Crippen LogP) is 2.11. The molecule has 0 aromatic carbocycles. The van der Waals surface area contributed by atoms with Crippen molar-refractivity contribution in [2.75, 3.05) is 13.7 Å². The van der Waals surface area contributed by atoms with Crippen molar-refractivity contribution in [3.63, 3.8) is 0 Å². The number of aryl methyl sites for hydroxylation is 2. The van der Waals surface area contributed by atoms with Crippen LogP contribution in [0, 0.1) is 13.8 Å². The van der Waals surface area contributed by atoms with E-state index in [-0.39, 0.29) is 6.10 Å². The van der Waals surface area contributed by atoms with Gasteiger partial charge in [-0.25, -0.2) is 0 Å². The molecule has 0 saturated heterocycles. The minimum Gasteiger partial charge on any atom is -0.488 e. The van der Waals surface area contributed by atoms with Crippen LogP contribution >= 0.6 is 0 Å². The van der Waals surface area contributed by atoms with Crippen molar-refractivity contribution in [1.29, 1.82) is 0 Å². The highest BCUT2D eigenvalue weighted by Gasteiger charge is 2.06. The zero-order valence-electron chi connectivity index (χ0n) is 9.20. The van der Waals surface area contributed by atoms with Gasteiger partial charge in [0.2, 0.25) is 0 Å². The van der Waals surface area contributed by atoms with Gasteiger partial charge in [0.1, 0.15) is 11.9 Å². The molecule has 0 spiro atoms. The fourth-order valence-electron chi connectivity index (χ4n) is 1.22. The lowest BCUT2D eigenvalue weighted by atomic mass is 10.2. The molecule has 0 N–H and O–H groups in total. The lowest BCUT2D eigenvalue weighted by molar-refractivity contribution is 0.0915. The van der Waals surface area contributed by atoms with E-state index < -0.39 is 0 Å². The van der Waals surface area contributed by atoms with Crippen LogP contribution in [0.5, 0.6) is 5.75 Å². The summed E-state index contributed by atoms with van der Waals surface area (Å²) in [6, 6.07) is 1.95. The summed E-state index contributed by atoms with van der Waals surface area (Å²) in [5.41, 5.74) is 2.02. The Labute approximate surface area is 85.1 Å². The first-order valence-corrected chi connectivity index (χ1v) is 4.72. The molecule has 1 aromatic rings. The smallest absolute Gasteiger partial charge is 0.126 e. The molecule has 0 fully saturated rings. The van der Waals surface area contributed by atoms with Crippen molar-refractivity contribution in [3.8, 4) is 5.75 Å². The van der Waals surface area contributed by atoms with Crippen LogP contribution in [-0.2, 0) is 4.74 Å². The molecule has 0 aliphatic rings. The van der Waals surface area contributed by atoms with Gasteiger partial charge in [0, 0.05) is 30.6 Å². The quantitative estimate of drug-likeness (QED) is 0.737. The zero-order chi connectivity index (χ0) is 10.6. The standard InChI is InChI=1S/C11H17NO2/c1-8-6-12-9(2)5-11(8)14-10(3)7-13-4/h5-6,10H,7H2,1-4H3. The van der Waals surface area contributed by atoms with E-state index in [1.807, 2.05) is 33.0 Å². The highest BCUT2D eigenvalue weighted by Crippen LogP contribution is 2.18. The maximum atomic E-state index is 5.70. The van der Waals surface area contributed by atoms with Gasteiger partial charge in [-0.1, -0.05) is 0 Å². The van der Waals surface area contributed by atoms with Gasteiger partial charge in [-0.3, -0.25) is 4.98 Å². The van der Waals surface area contributed by atoms with E-state index in [0.717, 1.165) is 17.0 Å². The normalized spacial score (nSPS) is 12.6. The van der Waals surface area contributed by atoms with Gasteiger partial charge in [0.25, 0.3) is 0 Å². The lowest BCUT2D eigenvalue weighted by Crippen LogP contribution is -2.18. The highest BCUT2D eigenvalue weighted by atomic mass is 16.5. The molecule has 0 aliphatic heterocycles. The van der Waals surface area contributed by atoms with Crippen molar-refractivity contribution in [2.24, 2.45) is 0 Å². The Balaban J connectivity index is 2.70. The van der Waals surface area contributed by atoms with Crippen molar-refractivity contribution in [1.82, 2.24) is 4.98 Å². The Morgan fingerprint density at radius 2 is 2.14 bits per heavy atom. The molecule has 78 valence electrons. The summed E-state index contributed by atoms with van der Waals surface area (Å²) in [5, 5.41) is 0. The van der Waals surface area contributed by atoms with Crippen LogP contribution in [0.1, 0.15) is 18.2 Å². The van der Waals surface area contributed by atoms with Crippen molar-refractivity contribution in [3.05, 3.63) is 23.5 Å². The summed E-state index contributed by atoms with van der Waals surface area (Å²) in [6.07, 6.45) is 1.89. The van der Waals surface area contributed by atoms with E-state index in [0.29, 0.717) is 6.61 Å². The van der Waals surface area contributed by atoms with Gasteiger partial charge in [-0.2, -0.15) is 0 Å². The summed E-state index contributed by atoms with van der Waals surface area (Å²) in [7, 11) is 1.67. The molecule has 1 aromatic heterocycles. The molecule has 1 heterocycles. The molecule has 0 amide bonds. The third kappa shape index (κ3) is 3.00. The number of rotatable bonds is 4. The predicted molar refractivity (Wildman–Crippen MR) is 55.7 cm³/mol. The summed E-state index contributed by atoms with van der Waals surface area (Å²) in [4.78, 5) is 4.18. The average Bonchev–Trinajstić information content (AvgIpc) is 2.12. The Morgan fingerprint density at radius 3 is 2.79 bits per heavy atom. The van der Waals surface area contributed by atoms with Gasteiger partial charge in [0.15, 0.2) is 0 Å². The van der Waals surface area contributed by atoms with Crippen molar-refractivity contribution >= 4 is 0 Å². The molecule has 1 atom stereocenters. The summed E-state index contributed by atoms with van der Waals surface area (Å²) < 4.78 is 10.7. The maximum Gasteiger partial charge on any atom is 0.126 e. The second-order valence-electron chi connectivity index (χ2n) is 3.47. The number of pyridine rings is 1. The first kappa shape index (κ1) is 11.0. The number of hydrogen-bond donors (Lipinski definition) is 0. The summed E-state index contributed by atoms with van der Waals surface area (Å²) in [6.45, 7) is 6.52. The van der Waals surface area contributed by atoms with Crippen LogP contribution in [0.25, 0.3) is 0 Å². The van der Waals surface area contributed by atoms with Gasteiger partial charge in [-0.05, 0) is 20.8 Å². The van der Waals surface area contributed by atoms with Gasteiger partial charge in [-0.15, -0.1) is 0 Å². The van der Waals surface area contributed by atoms with Crippen LogP contribution in [-0.4, -0.2) is 24.8 Å². The molecule has 1 unspecified atom stereocenters. The van der Waals surface area contributed by atoms with Gasteiger partial charge in [0.05, 0.1) is 6.61 Å². The Bertz CT molecular complexity index is 299. The largest absolute Gasteiger partial charge is 0.488 e. The number of aromatic nitrogens is 1. The fraction of sp³-hybridized carbons (Fsp3) is 0.545. The SMILES string of the molecule is COCC(C)Oc1cc(C)ncc1C. The molecule has 0 radical (unpaired) electrons. The highest BCUT2D eigenvalue weighted by molar-refractivity contribution is 5.31. The molecule has 3 heteroatoms. The topological polar surface area (TPSA) is 31.4 Å². The van der Waals surface area contributed by atoms with Crippen LogP contribution in [0.3, 0.4) is 0 Å². The second-order valence-corrected chi connectivity index (χ2v) is 3.47. The van der Waals surface area contributed by atoms with E-state index in [2.05, 4.69) is 4.98 Å². The number of nitrogens with zero attached hydrogens (tertiary/aromatic N) is 1. The molecule has 0 saturated carbocycles. The minimum atomic E-state index is 0.0699. The van der Waals surface area contributed by atoms with Crippen LogP contribution < -0.4 is 4.74 Å². The third-order valence-electron chi connectivity index (χ3n) is 1.92. The van der Waals surface area contributed by atoms with Gasteiger partial charge < -0.3 is 9.47 Å². The lowest BCUT2D eigenvalue weighted by Gasteiger charge is -2.15. The molecule has 14 heavy (non-hydrogen) atoms. The van der Waals surface area contributed by atoms with Crippen LogP contribution in [0.2, 0.25) is 0 Å². The molecule has 0 bridgehead atoms. The van der Waals surface area contributed by atoms with E-state index in [4.69, 9.17) is 9.47 Å². The number of methoxy groups -OCH3 is 1. The van der Waals surface area contributed by atoms with E-state index in [9.17, 15) is 0 Å². The van der Waals surface area contributed by atoms with Crippen LogP contribution in [0.4, 0.5) is 0 Å². The maximum absolute atomic E-state index is 5.70. The zero-order valence-corrected chi connectivity index (χ0v) is 9.20. The van der Waals surface area contributed by atoms with E-state index in [1.54, 1.807) is 7.11 Å². The van der Waals surface area contributed by atoms with E-state index in [1.165, 1.54) is 0 Å². The Morgan fingerprint density at radius 1 is 1.43 bits per heavy atom. The van der Waals surface area contributed by atoms with Crippen molar-refractivity contribution < 1.29 is 9.47 Å². The van der Waals surface area contributed by atoms with E-state index >= 15 is 0 Å². The van der Waals surface area contributed by atoms with Crippen molar-refractivity contribution in [2.45, 2.75) is 26.9 Å². The van der Waals surface area contributed by atoms with Crippen LogP contribution in [0.15, 0.2) is 12.3 Å². The average molecular weight is 195 g/mol. The molecular formula is C11H17NO2. The second kappa shape index (κ2) is 4.96.